The first-order valence-corrected chi connectivity index (χ1v) is 9.84. The van der Waals surface area contributed by atoms with Crippen molar-refractivity contribution in [3.8, 4) is 0 Å². The third-order valence-electron chi connectivity index (χ3n) is 3.35. The van der Waals surface area contributed by atoms with Crippen LogP contribution in [0.15, 0.2) is 58.3 Å². The minimum absolute atomic E-state index is 0.0589. The van der Waals surface area contributed by atoms with Gasteiger partial charge in [0.2, 0.25) is 20.0 Å². The molecular weight excluding hydrogens is 336 g/mol. The number of hydrogen-bond donors (Lipinski definition) is 2. The Kier molecular flexibility index (Phi) is 4.90. The van der Waals surface area contributed by atoms with Crippen molar-refractivity contribution in [1.29, 1.82) is 0 Å². The second kappa shape index (κ2) is 6.40. The first kappa shape index (κ1) is 17.6. The SMILES string of the molecule is Cc1ccc(S(=O)(=O)NC(C)c2cccc(S(N)(=O)=O)c2)cc1. The fourth-order valence-electron chi connectivity index (χ4n) is 2.05. The predicted molar refractivity (Wildman–Crippen MR) is 87.7 cm³/mol. The highest BCUT2D eigenvalue weighted by atomic mass is 32.2. The highest BCUT2D eigenvalue weighted by Crippen LogP contribution is 2.19. The third-order valence-corrected chi connectivity index (χ3v) is 5.82. The molecule has 23 heavy (non-hydrogen) atoms. The van der Waals surface area contributed by atoms with Gasteiger partial charge in [-0.1, -0.05) is 29.8 Å². The zero-order valence-corrected chi connectivity index (χ0v) is 14.4. The lowest BCUT2D eigenvalue weighted by molar-refractivity contribution is 0.566. The zero-order valence-electron chi connectivity index (χ0n) is 12.7. The van der Waals surface area contributed by atoms with E-state index in [-0.39, 0.29) is 9.79 Å². The summed E-state index contributed by atoms with van der Waals surface area (Å²) in [6, 6.07) is 11.7. The summed E-state index contributed by atoms with van der Waals surface area (Å²) in [5, 5.41) is 5.09. The fourth-order valence-corrected chi connectivity index (χ4v) is 3.85. The van der Waals surface area contributed by atoms with Gasteiger partial charge in [0.1, 0.15) is 0 Å². The van der Waals surface area contributed by atoms with E-state index in [0.29, 0.717) is 5.56 Å². The van der Waals surface area contributed by atoms with Crippen molar-refractivity contribution in [3.63, 3.8) is 0 Å². The average molecular weight is 354 g/mol. The van der Waals surface area contributed by atoms with E-state index >= 15 is 0 Å². The lowest BCUT2D eigenvalue weighted by atomic mass is 10.1. The number of aryl methyl sites for hydroxylation is 1. The van der Waals surface area contributed by atoms with Gasteiger partial charge >= 0.3 is 0 Å². The monoisotopic (exact) mass is 354 g/mol. The topological polar surface area (TPSA) is 106 Å². The highest BCUT2D eigenvalue weighted by molar-refractivity contribution is 7.89. The molecule has 0 radical (unpaired) electrons. The van der Waals surface area contributed by atoms with Crippen molar-refractivity contribution in [2.45, 2.75) is 29.7 Å². The molecule has 0 saturated heterocycles. The second-order valence-electron chi connectivity index (χ2n) is 5.27. The van der Waals surface area contributed by atoms with Gasteiger partial charge in [-0.2, -0.15) is 0 Å². The minimum atomic E-state index is -3.84. The summed E-state index contributed by atoms with van der Waals surface area (Å²) in [5.41, 5.74) is 1.46. The normalized spacial score (nSPS) is 13.7. The van der Waals surface area contributed by atoms with Crippen LogP contribution >= 0.6 is 0 Å². The van der Waals surface area contributed by atoms with E-state index in [0.717, 1.165) is 5.56 Å². The molecule has 0 aliphatic rings. The molecule has 0 heterocycles. The Morgan fingerprint density at radius 3 is 2.13 bits per heavy atom. The maximum absolute atomic E-state index is 12.4. The number of hydrogen-bond acceptors (Lipinski definition) is 4. The van der Waals surface area contributed by atoms with Crippen LogP contribution in [0.3, 0.4) is 0 Å². The third kappa shape index (κ3) is 4.38. The summed E-state index contributed by atoms with van der Waals surface area (Å²) in [7, 11) is -7.54. The molecule has 3 N–H and O–H groups in total. The Morgan fingerprint density at radius 2 is 1.57 bits per heavy atom. The summed E-state index contributed by atoms with van der Waals surface area (Å²) in [6.07, 6.45) is 0. The number of benzene rings is 2. The fraction of sp³-hybridized carbons (Fsp3) is 0.200. The molecule has 0 fully saturated rings. The molecule has 0 bridgehead atoms. The molecule has 2 aromatic carbocycles. The molecule has 6 nitrogen and oxygen atoms in total. The van der Waals surface area contributed by atoms with Crippen LogP contribution < -0.4 is 9.86 Å². The number of primary sulfonamides is 1. The van der Waals surface area contributed by atoms with E-state index in [9.17, 15) is 16.8 Å². The molecule has 124 valence electrons. The quantitative estimate of drug-likeness (QED) is 0.852. The van der Waals surface area contributed by atoms with Gasteiger partial charge in [0.25, 0.3) is 0 Å². The number of nitrogens with two attached hydrogens (primary N) is 1. The van der Waals surface area contributed by atoms with E-state index < -0.39 is 26.1 Å². The summed E-state index contributed by atoms with van der Waals surface area (Å²) in [6.45, 7) is 3.50. The average Bonchev–Trinajstić information content (AvgIpc) is 2.46. The van der Waals surface area contributed by atoms with E-state index in [1.165, 1.54) is 30.3 Å². The predicted octanol–water partition coefficient (Wildman–Crippen LogP) is 1.68. The molecular formula is C15H18N2O4S2. The minimum Gasteiger partial charge on any atom is -0.225 e. The smallest absolute Gasteiger partial charge is 0.225 e. The lowest BCUT2D eigenvalue weighted by Crippen LogP contribution is -2.27. The van der Waals surface area contributed by atoms with E-state index in [1.54, 1.807) is 25.1 Å². The molecule has 2 aromatic rings. The van der Waals surface area contributed by atoms with Crippen molar-refractivity contribution < 1.29 is 16.8 Å². The standard InChI is InChI=1S/C15H18N2O4S2/c1-11-6-8-14(9-7-11)23(20,21)17-12(2)13-4-3-5-15(10-13)22(16,18)19/h3-10,12,17H,1-2H3,(H2,16,18,19). The van der Waals surface area contributed by atoms with Gasteiger partial charge in [-0.15, -0.1) is 0 Å². The molecule has 1 unspecified atom stereocenters. The van der Waals surface area contributed by atoms with Crippen LogP contribution in [-0.2, 0) is 20.0 Å². The Bertz CT molecular complexity index is 905. The summed E-state index contributed by atoms with van der Waals surface area (Å²) in [4.78, 5) is 0.0916. The molecule has 0 aromatic heterocycles. The number of nitrogens with one attached hydrogen (secondary N) is 1. The summed E-state index contributed by atoms with van der Waals surface area (Å²) in [5.74, 6) is 0. The molecule has 2 rings (SSSR count). The molecule has 1 atom stereocenters. The van der Waals surface area contributed by atoms with Gasteiger partial charge < -0.3 is 0 Å². The molecule has 8 heteroatoms. The summed E-state index contributed by atoms with van der Waals surface area (Å²) >= 11 is 0. The van der Waals surface area contributed by atoms with Crippen LogP contribution in [0.4, 0.5) is 0 Å². The van der Waals surface area contributed by atoms with Crippen LogP contribution in [0, 0.1) is 6.92 Å². The number of sulfonamides is 2. The molecule has 0 amide bonds. The van der Waals surface area contributed by atoms with Crippen molar-refractivity contribution in [1.82, 2.24) is 4.72 Å². The molecule has 0 aliphatic heterocycles. The maximum Gasteiger partial charge on any atom is 0.241 e. The van der Waals surface area contributed by atoms with E-state index in [1.807, 2.05) is 6.92 Å². The van der Waals surface area contributed by atoms with Gasteiger partial charge in [0, 0.05) is 6.04 Å². The van der Waals surface area contributed by atoms with Crippen LogP contribution in [0.1, 0.15) is 24.1 Å². The zero-order chi connectivity index (χ0) is 17.3. The first-order chi connectivity index (χ1) is 10.6. The van der Waals surface area contributed by atoms with E-state index in [2.05, 4.69) is 4.72 Å². The van der Waals surface area contributed by atoms with Gasteiger partial charge in [-0.3, -0.25) is 0 Å². The molecule has 0 aliphatic carbocycles. The van der Waals surface area contributed by atoms with Crippen molar-refractivity contribution in [2.24, 2.45) is 5.14 Å². The Morgan fingerprint density at radius 1 is 0.957 bits per heavy atom. The van der Waals surface area contributed by atoms with Crippen molar-refractivity contribution >= 4 is 20.0 Å². The Balaban J connectivity index is 2.28. The van der Waals surface area contributed by atoms with Crippen LogP contribution in [-0.4, -0.2) is 16.8 Å². The van der Waals surface area contributed by atoms with Crippen LogP contribution in [0.5, 0.6) is 0 Å². The lowest BCUT2D eigenvalue weighted by Gasteiger charge is -2.15. The van der Waals surface area contributed by atoms with E-state index in [4.69, 9.17) is 5.14 Å². The van der Waals surface area contributed by atoms with Crippen LogP contribution in [0.2, 0.25) is 0 Å². The van der Waals surface area contributed by atoms with Crippen molar-refractivity contribution in [2.75, 3.05) is 0 Å². The summed E-state index contributed by atoms with van der Waals surface area (Å²) < 4.78 is 50.0. The second-order valence-corrected chi connectivity index (χ2v) is 8.55. The van der Waals surface area contributed by atoms with Gasteiger partial charge in [0.05, 0.1) is 9.79 Å². The maximum atomic E-state index is 12.4. The van der Waals surface area contributed by atoms with Crippen LogP contribution in [0.25, 0.3) is 0 Å². The Labute approximate surface area is 136 Å². The van der Waals surface area contributed by atoms with Gasteiger partial charge in [-0.05, 0) is 43.7 Å². The molecule has 0 spiro atoms. The Hall–Kier alpha value is -1.74. The largest absolute Gasteiger partial charge is 0.241 e. The first-order valence-electron chi connectivity index (χ1n) is 6.81. The number of rotatable bonds is 5. The highest BCUT2D eigenvalue weighted by Gasteiger charge is 2.19. The van der Waals surface area contributed by atoms with Crippen molar-refractivity contribution in [3.05, 3.63) is 59.7 Å². The van der Waals surface area contributed by atoms with Gasteiger partial charge in [0.15, 0.2) is 0 Å². The van der Waals surface area contributed by atoms with Gasteiger partial charge in [-0.25, -0.2) is 26.7 Å². The molecule has 0 saturated carbocycles.